The van der Waals surface area contributed by atoms with Gasteiger partial charge in [-0.25, -0.2) is 4.79 Å². The quantitative estimate of drug-likeness (QED) is 0.117. The Morgan fingerprint density at radius 2 is 1.55 bits per heavy atom. The monoisotopic (exact) mass is 522 g/mol. The van der Waals surface area contributed by atoms with Gasteiger partial charge in [-0.15, -0.1) is 0 Å². The van der Waals surface area contributed by atoms with Crippen molar-refractivity contribution in [3.8, 4) is 17.2 Å². The van der Waals surface area contributed by atoms with Gasteiger partial charge in [-0.1, -0.05) is 19.8 Å². The minimum Gasteiger partial charge on any atom is -0.494 e. The van der Waals surface area contributed by atoms with Gasteiger partial charge in [0.2, 0.25) is 0 Å². The van der Waals surface area contributed by atoms with Crippen molar-refractivity contribution in [1.29, 1.82) is 0 Å². The molecule has 2 aromatic rings. The summed E-state index contributed by atoms with van der Waals surface area (Å²) < 4.78 is 28.1. The van der Waals surface area contributed by atoms with E-state index in [0.29, 0.717) is 61.2 Å². The van der Waals surface area contributed by atoms with Crippen molar-refractivity contribution in [2.45, 2.75) is 82.7 Å². The molecule has 1 aliphatic heterocycles. The molecule has 7 nitrogen and oxygen atoms in total. The number of ether oxygens (including phenoxy) is 5. The van der Waals surface area contributed by atoms with E-state index in [0.717, 1.165) is 74.8 Å². The Labute approximate surface area is 224 Å². The van der Waals surface area contributed by atoms with E-state index < -0.39 is 5.97 Å². The van der Waals surface area contributed by atoms with Gasteiger partial charge in [-0.3, -0.25) is 4.79 Å². The van der Waals surface area contributed by atoms with E-state index in [4.69, 9.17) is 23.7 Å². The second-order valence-corrected chi connectivity index (χ2v) is 10.5. The van der Waals surface area contributed by atoms with Crippen LogP contribution in [0.25, 0.3) is 0 Å². The average molecular weight is 523 g/mol. The summed E-state index contributed by atoms with van der Waals surface area (Å²) >= 11 is 0. The van der Waals surface area contributed by atoms with Crippen molar-refractivity contribution in [2.75, 3.05) is 26.4 Å². The molecular weight excluding hydrogens is 484 g/mol. The number of benzene rings is 2. The fraction of sp³-hybridized carbons (Fsp3) is 0.548. The molecule has 1 heterocycles. The standard InChI is InChI=1S/C31H38O7/c1-2-3-4-7-28(32)37-26-14-15-27(30-23-9-8-22(18-23)29(26)30)38-31(33)21-10-12-24(13-11-21)35-17-6-5-16-34-19-25-20-36-25/h10-15,22-23,25H,2-9,16-20H2,1H3. The number of esters is 2. The first-order valence-corrected chi connectivity index (χ1v) is 14.1. The van der Waals surface area contributed by atoms with Crippen LogP contribution in [0.2, 0.25) is 0 Å². The maximum absolute atomic E-state index is 13.0. The summed E-state index contributed by atoms with van der Waals surface area (Å²) in [6, 6.07) is 10.6. The van der Waals surface area contributed by atoms with Crippen LogP contribution in [-0.2, 0) is 14.3 Å². The Hall–Kier alpha value is -2.90. The van der Waals surface area contributed by atoms with Crippen molar-refractivity contribution in [3.63, 3.8) is 0 Å². The topological polar surface area (TPSA) is 83.6 Å². The van der Waals surface area contributed by atoms with E-state index >= 15 is 0 Å². The van der Waals surface area contributed by atoms with Crippen molar-refractivity contribution in [3.05, 3.63) is 53.1 Å². The third-order valence-corrected chi connectivity index (χ3v) is 7.62. The van der Waals surface area contributed by atoms with E-state index in [9.17, 15) is 9.59 Å². The first-order valence-electron chi connectivity index (χ1n) is 14.1. The lowest BCUT2D eigenvalue weighted by Gasteiger charge is -2.21. The second kappa shape index (κ2) is 12.8. The first-order chi connectivity index (χ1) is 18.6. The molecule has 5 rings (SSSR count). The molecule has 2 aromatic carbocycles. The Kier molecular flexibility index (Phi) is 8.97. The lowest BCUT2D eigenvalue weighted by molar-refractivity contribution is -0.134. The van der Waals surface area contributed by atoms with Gasteiger partial charge in [-0.05, 0) is 86.8 Å². The van der Waals surface area contributed by atoms with Crippen LogP contribution in [-0.4, -0.2) is 44.5 Å². The fourth-order valence-electron chi connectivity index (χ4n) is 5.54. The molecular formula is C31H38O7. The van der Waals surface area contributed by atoms with Crippen LogP contribution >= 0.6 is 0 Å². The minimum absolute atomic E-state index is 0.188. The summed E-state index contributed by atoms with van der Waals surface area (Å²) in [7, 11) is 0. The van der Waals surface area contributed by atoms with Gasteiger partial charge in [0.1, 0.15) is 23.4 Å². The summed E-state index contributed by atoms with van der Waals surface area (Å²) in [6.45, 7) is 4.92. The predicted molar refractivity (Wildman–Crippen MR) is 142 cm³/mol. The molecule has 2 fully saturated rings. The van der Waals surface area contributed by atoms with Crippen molar-refractivity contribution in [2.24, 2.45) is 0 Å². The molecule has 0 spiro atoms. The molecule has 2 aliphatic carbocycles. The fourth-order valence-corrected chi connectivity index (χ4v) is 5.54. The van der Waals surface area contributed by atoms with Gasteiger partial charge in [0.05, 0.1) is 25.4 Å². The molecule has 7 heteroatoms. The molecule has 2 bridgehead atoms. The maximum atomic E-state index is 13.0. The number of hydrogen-bond acceptors (Lipinski definition) is 7. The number of epoxide rings is 1. The van der Waals surface area contributed by atoms with E-state index in [-0.39, 0.29) is 5.97 Å². The van der Waals surface area contributed by atoms with Crippen molar-refractivity contribution < 1.29 is 33.3 Å². The van der Waals surface area contributed by atoms with Crippen LogP contribution < -0.4 is 14.2 Å². The van der Waals surface area contributed by atoms with E-state index in [1.165, 1.54) is 0 Å². The summed E-state index contributed by atoms with van der Waals surface area (Å²) in [5.41, 5.74) is 2.57. The number of unbranched alkanes of at least 4 members (excludes halogenated alkanes) is 3. The predicted octanol–water partition coefficient (Wildman–Crippen LogP) is 6.33. The average Bonchev–Trinajstić information content (AvgIpc) is 3.51. The number of carbonyl (C=O) groups is 2. The van der Waals surface area contributed by atoms with Crippen molar-refractivity contribution >= 4 is 11.9 Å². The molecule has 0 N–H and O–H groups in total. The molecule has 0 aromatic heterocycles. The lowest BCUT2D eigenvalue weighted by Crippen LogP contribution is -2.14. The van der Waals surface area contributed by atoms with Crippen molar-refractivity contribution in [1.82, 2.24) is 0 Å². The SMILES string of the molecule is CCCCCC(=O)Oc1ccc(OC(=O)c2ccc(OCCCCOCC3CO3)cc2)c2c1C1CCC2C1. The maximum Gasteiger partial charge on any atom is 0.343 e. The van der Waals surface area contributed by atoms with Crippen LogP contribution in [0.4, 0.5) is 0 Å². The normalized spacial score (nSPS) is 20.7. The molecule has 0 radical (unpaired) electrons. The largest absolute Gasteiger partial charge is 0.494 e. The lowest BCUT2D eigenvalue weighted by atomic mass is 9.90. The van der Waals surface area contributed by atoms with Gasteiger partial charge in [0.15, 0.2) is 0 Å². The Balaban J connectivity index is 1.15. The zero-order chi connectivity index (χ0) is 26.3. The summed E-state index contributed by atoms with van der Waals surface area (Å²) in [5.74, 6) is 2.06. The molecule has 0 amide bonds. The highest BCUT2D eigenvalue weighted by Crippen LogP contribution is 2.58. The Morgan fingerprint density at radius 3 is 2.24 bits per heavy atom. The van der Waals surface area contributed by atoms with E-state index in [1.807, 2.05) is 0 Å². The van der Waals surface area contributed by atoms with Crippen LogP contribution in [0, 0.1) is 0 Å². The molecule has 1 saturated carbocycles. The van der Waals surface area contributed by atoms with Gasteiger partial charge in [-0.2, -0.15) is 0 Å². The first kappa shape index (κ1) is 26.7. The van der Waals surface area contributed by atoms with Crippen LogP contribution in [0.1, 0.15) is 98.0 Å². The second-order valence-electron chi connectivity index (χ2n) is 10.5. The number of carbonyl (C=O) groups excluding carboxylic acids is 2. The van der Waals surface area contributed by atoms with Gasteiger partial charge in [0, 0.05) is 24.2 Å². The minimum atomic E-state index is -0.400. The third kappa shape index (κ3) is 6.75. The smallest absolute Gasteiger partial charge is 0.343 e. The Morgan fingerprint density at radius 1 is 0.868 bits per heavy atom. The van der Waals surface area contributed by atoms with Gasteiger partial charge >= 0.3 is 11.9 Å². The van der Waals surface area contributed by atoms with Gasteiger partial charge < -0.3 is 23.7 Å². The number of hydrogen-bond donors (Lipinski definition) is 0. The molecule has 1 saturated heterocycles. The summed E-state index contributed by atoms with van der Waals surface area (Å²) in [4.78, 5) is 25.4. The molecule has 3 aliphatic rings. The molecule has 3 unspecified atom stereocenters. The van der Waals surface area contributed by atoms with Gasteiger partial charge in [0.25, 0.3) is 0 Å². The Bertz CT molecular complexity index is 1110. The zero-order valence-electron chi connectivity index (χ0n) is 22.2. The van der Waals surface area contributed by atoms with Crippen LogP contribution in [0.5, 0.6) is 17.2 Å². The zero-order valence-corrected chi connectivity index (χ0v) is 22.2. The van der Waals surface area contributed by atoms with E-state index in [2.05, 4.69) is 6.92 Å². The highest BCUT2D eigenvalue weighted by atomic mass is 16.6. The van der Waals surface area contributed by atoms with Crippen LogP contribution in [0.3, 0.4) is 0 Å². The summed E-state index contributed by atoms with van der Waals surface area (Å²) in [5, 5.41) is 0. The van der Waals surface area contributed by atoms with E-state index in [1.54, 1.807) is 36.4 Å². The molecule has 3 atom stereocenters. The highest BCUT2D eigenvalue weighted by molar-refractivity contribution is 5.91. The summed E-state index contributed by atoms with van der Waals surface area (Å²) in [6.07, 6.45) is 8.66. The third-order valence-electron chi connectivity index (χ3n) is 7.62. The number of rotatable bonds is 15. The van der Waals surface area contributed by atoms with Crippen LogP contribution in [0.15, 0.2) is 36.4 Å². The number of fused-ring (bicyclic) bond motifs is 5. The highest BCUT2D eigenvalue weighted by Gasteiger charge is 2.42. The molecule has 38 heavy (non-hydrogen) atoms. The molecule has 204 valence electrons.